The Morgan fingerprint density at radius 2 is 2.47 bits per heavy atom. The monoisotopic (exact) mass is 229 g/mol. The maximum atomic E-state index is 11.2. The van der Waals surface area contributed by atoms with Gasteiger partial charge in [0.1, 0.15) is 6.33 Å². The van der Waals surface area contributed by atoms with Gasteiger partial charge < -0.3 is 4.74 Å². The van der Waals surface area contributed by atoms with E-state index in [-0.39, 0.29) is 11.7 Å². The second-order valence-electron chi connectivity index (χ2n) is 3.01. The summed E-state index contributed by atoms with van der Waals surface area (Å²) < 4.78 is 5.02. The molecule has 0 aliphatic rings. The number of thioether (sulfide) groups is 1. The molecule has 0 bridgehead atoms. The maximum Gasteiger partial charge on any atom is 0.316 e. The van der Waals surface area contributed by atoms with Gasteiger partial charge in [-0.15, -0.1) is 0 Å². The van der Waals surface area contributed by atoms with Gasteiger partial charge in [-0.1, -0.05) is 31.5 Å². The van der Waals surface area contributed by atoms with Gasteiger partial charge in [0.15, 0.2) is 5.16 Å². The summed E-state index contributed by atoms with van der Waals surface area (Å²) in [6.07, 6.45) is 4.58. The highest BCUT2D eigenvalue weighted by atomic mass is 32.2. The molecule has 0 saturated heterocycles. The third kappa shape index (κ3) is 5.41. The molecule has 1 heterocycles. The van der Waals surface area contributed by atoms with Crippen molar-refractivity contribution < 1.29 is 9.53 Å². The standard InChI is InChI=1S/C9H15N3O2S/c1-2-3-4-5-14-8(13)6-15-9-10-7-11-12-9/h7H,2-6H2,1H3,(H,10,11,12). The highest BCUT2D eigenvalue weighted by Gasteiger charge is 2.05. The van der Waals surface area contributed by atoms with E-state index in [0.29, 0.717) is 11.8 Å². The van der Waals surface area contributed by atoms with E-state index in [0.717, 1.165) is 19.3 Å². The zero-order chi connectivity index (χ0) is 10.9. The lowest BCUT2D eigenvalue weighted by Crippen LogP contribution is -2.08. The van der Waals surface area contributed by atoms with Crippen LogP contribution in [0, 0.1) is 0 Å². The number of hydrogen-bond acceptors (Lipinski definition) is 5. The first-order valence-corrected chi connectivity index (χ1v) is 5.95. The van der Waals surface area contributed by atoms with Crippen LogP contribution >= 0.6 is 11.8 Å². The van der Waals surface area contributed by atoms with E-state index in [1.807, 2.05) is 0 Å². The van der Waals surface area contributed by atoms with Gasteiger partial charge in [0.05, 0.1) is 12.4 Å². The molecule has 0 radical (unpaired) electrons. The van der Waals surface area contributed by atoms with Gasteiger partial charge >= 0.3 is 5.97 Å². The predicted molar refractivity (Wildman–Crippen MR) is 57.6 cm³/mol. The van der Waals surface area contributed by atoms with Crippen LogP contribution in [0.5, 0.6) is 0 Å². The smallest absolute Gasteiger partial charge is 0.316 e. The Balaban J connectivity index is 2.04. The molecular formula is C9H15N3O2S. The SMILES string of the molecule is CCCCCOC(=O)CSc1ncn[nH]1. The number of ether oxygens (including phenoxy) is 1. The number of hydrogen-bond donors (Lipinski definition) is 1. The van der Waals surface area contributed by atoms with Crippen molar-refractivity contribution in [3.05, 3.63) is 6.33 Å². The van der Waals surface area contributed by atoms with Crippen molar-refractivity contribution in [3.63, 3.8) is 0 Å². The Hall–Kier alpha value is -1.04. The number of rotatable bonds is 7. The lowest BCUT2D eigenvalue weighted by atomic mass is 10.3. The number of H-pyrrole nitrogens is 1. The minimum atomic E-state index is -0.201. The molecule has 84 valence electrons. The molecule has 15 heavy (non-hydrogen) atoms. The summed E-state index contributed by atoms with van der Waals surface area (Å²) in [5.41, 5.74) is 0. The van der Waals surface area contributed by atoms with Crippen LogP contribution < -0.4 is 0 Å². The van der Waals surface area contributed by atoms with E-state index in [1.165, 1.54) is 18.1 Å². The zero-order valence-electron chi connectivity index (χ0n) is 8.73. The first kappa shape index (κ1) is 12.0. The van der Waals surface area contributed by atoms with Crippen molar-refractivity contribution in [1.82, 2.24) is 15.2 Å². The van der Waals surface area contributed by atoms with Crippen molar-refractivity contribution in [2.45, 2.75) is 31.3 Å². The van der Waals surface area contributed by atoms with Gasteiger partial charge in [-0.25, -0.2) is 4.98 Å². The van der Waals surface area contributed by atoms with Gasteiger partial charge in [-0.3, -0.25) is 9.89 Å². The number of carbonyl (C=O) groups excluding carboxylic acids is 1. The van der Waals surface area contributed by atoms with Crippen LogP contribution in [-0.2, 0) is 9.53 Å². The highest BCUT2D eigenvalue weighted by Crippen LogP contribution is 2.10. The van der Waals surface area contributed by atoms with E-state index >= 15 is 0 Å². The van der Waals surface area contributed by atoms with Crippen molar-refractivity contribution in [2.75, 3.05) is 12.4 Å². The molecule has 0 saturated carbocycles. The van der Waals surface area contributed by atoms with Gasteiger partial charge in [-0.05, 0) is 6.42 Å². The van der Waals surface area contributed by atoms with Crippen molar-refractivity contribution in [1.29, 1.82) is 0 Å². The Labute approximate surface area is 93.0 Å². The van der Waals surface area contributed by atoms with E-state index in [4.69, 9.17) is 4.74 Å². The van der Waals surface area contributed by atoms with Crippen LogP contribution in [0.2, 0.25) is 0 Å². The van der Waals surface area contributed by atoms with Crippen LogP contribution in [0.3, 0.4) is 0 Å². The lowest BCUT2D eigenvalue weighted by molar-refractivity contribution is -0.140. The summed E-state index contributed by atoms with van der Waals surface area (Å²) in [7, 11) is 0. The fraction of sp³-hybridized carbons (Fsp3) is 0.667. The van der Waals surface area contributed by atoms with Crippen LogP contribution in [0.15, 0.2) is 11.5 Å². The molecule has 0 unspecified atom stereocenters. The largest absolute Gasteiger partial charge is 0.465 e. The van der Waals surface area contributed by atoms with Crippen molar-refractivity contribution in [3.8, 4) is 0 Å². The third-order valence-electron chi connectivity index (χ3n) is 1.73. The molecule has 0 aliphatic carbocycles. The Morgan fingerprint density at radius 1 is 1.60 bits per heavy atom. The number of aromatic amines is 1. The Morgan fingerprint density at radius 3 is 3.13 bits per heavy atom. The molecule has 6 heteroatoms. The molecule has 0 spiro atoms. The maximum absolute atomic E-state index is 11.2. The molecule has 1 aromatic heterocycles. The Kier molecular flexibility index (Phi) is 5.84. The van der Waals surface area contributed by atoms with Gasteiger partial charge in [0.25, 0.3) is 0 Å². The van der Waals surface area contributed by atoms with Gasteiger partial charge in [0.2, 0.25) is 0 Å². The summed E-state index contributed by atoms with van der Waals surface area (Å²) in [4.78, 5) is 15.1. The molecule has 0 amide bonds. The topological polar surface area (TPSA) is 67.9 Å². The summed E-state index contributed by atoms with van der Waals surface area (Å²) in [5.74, 6) is 0.0777. The summed E-state index contributed by atoms with van der Waals surface area (Å²) >= 11 is 1.30. The van der Waals surface area contributed by atoms with Crippen LogP contribution in [-0.4, -0.2) is 33.5 Å². The summed E-state index contributed by atoms with van der Waals surface area (Å²) in [5, 5.41) is 6.98. The molecule has 0 fully saturated rings. The van der Waals surface area contributed by atoms with Crippen LogP contribution in [0.4, 0.5) is 0 Å². The van der Waals surface area contributed by atoms with E-state index < -0.39 is 0 Å². The number of unbranched alkanes of at least 4 members (excludes halogenated alkanes) is 2. The van der Waals surface area contributed by atoms with Crippen LogP contribution in [0.25, 0.3) is 0 Å². The zero-order valence-corrected chi connectivity index (χ0v) is 9.55. The fourth-order valence-corrected chi connectivity index (χ4v) is 1.55. The van der Waals surface area contributed by atoms with Gasteiger partial charge in [0, 0.05) is 0 Å². The molecule has 1 N–H and O–H groups in total. The normalized spacial score (nSPS) is 10.2. The molecular weight excluding hydrogens is 214 g/mol. The fourth-order valence-electron chi connectivity index (χ4n) is 0.971. The predicted octanol–water partition coefficient (Wildman–Crippen LogP) is 1.63. The minimum absolute atomic E-state index is 0.201. The number of carbonyl (C=O) groups is 1. The van der Waals surface area contributed by atoms with E-state index in [9.17, 15) is 4.79 Å². The van der Waals surface area contributed by atoms with Gasteiger partial charge in [-0.2, -0.15) is 5.10 Å². The first-order valence-electron chi connectivity index (χ1n) is 4.96. The summed E-state index contributed by atoms with van der Waals surface area (Å²) in [6, 6.07) is 0. The second kappa shape index (κ2) is 7.28. The quantitative estimate of drug-likeness (QED) is 0.437. The van der Waals surface area contributed by atoms with E-state index in [2.05, 4.69) is 22.1 Å². The minimum Gasteiger partial charge on any atom is -0.465 e. The first-order chi connectivity index (χ1) is 7.33. The van der Waals surface area contributed by atoms with Crippen molar-refractivity contribution >= 4 is 17.7 Å². The number of aromatic nitrogens is 3. The second-order valence-corrected chi connectivity index (χ2v) is 3.97. The lowest BCUT2D eigenvalue weighted by Gasteiger charge is -2.02. The average molecular weight is 229 g/mol. The Bertz CT molecular complexity index is 277. The number of nitrogens with one attached hydrogen (secondary N) is 1. The van der Waals surface area contributed by atoms with Crippen LogP contribution in [0.1, 0.15) is 26.2 Å². The third-order valence-corrected chi connectivity index (χ3v) is 2.58. The number of nitrogens with zero attached hydrogens (tertiary/aromatic N) is 2. The molecule has 0 atom stereocenters. The molecule has 0 aromatic carbocycles. The molecule has 5 nitrogen and oxygen atoms in total. The van der Waals surface area contributed by atoms with Crippen molar-refractivity contribution in [2.24, 2.45) is 0 Å². The summed E-state index contributed by atoms with van der Waals surface area (Å²) in [6.45, 7) is 2.63. The molecule has 0 aliphatic heterocycles. The molecule has 1 aromatic rings. The average Bonchev–Trinajstić information content (AvgIpc) is 2.74. The number of esters is 1. The highest BCUT2D eigenvalue weighted by molar-refractivity contribution is 7.99. The molecule has 1 rings (SSSR count). The van der Waals surface area contributed by atoms with E-state index in [1.54, 1.807) is 0 Å².